The molecular weight excluding hydrogens is 314 g/mol. The number of rotatable bonds is 5. The molecule has 1 saturated carbocycles. The van der Waals surface area contributed by atoms with Crippen molar-refractivity contribution in [3.63, 3.8) is 0 Å². The molecule has 0 unspecified atom stereocenters. The second-order valence-corrected chi connectivity index (χ2v) is 6.64. The summed E-state index contributed by atoms with van der Waals surface area (Å²) in [7, 11) is 0. The van der Waals surface area contributed by atoms with Gasteiger partial charge in [-0.1, -0.05) is 55.7 Å². The number of anilines is 1. The van der Waals surface area contributed by atoms with Crippen LogP contribution in [0.3, 0.4) is 0 Å². The van der Waals surface area contributed by atoms with E-state index in [0.29, 0.717) is 6.61 Å². The first-order chi connectivity index (χ1) is 12.2. The molecule has 0 heterocycles. The van der Waals surface area contributed by atoms with Crippen molar-refractivity contribution in [2.24, 2.45) is 11.8 Å². The van der Waals surface area contributed by atoms with Gasteiger partial charge in [-0.2, -0.15) is 0 Å². The minimum atomic E-state index is -0.723. The van der Waals surface area contributed by atoms with Gasteiger partial charge in [-0.25, -0.2) is 0 Å². The number of amides is 1. The van der Waals surface area contributed by atoms with Crippen LogP contribution in [0.1, 0.15) is 39.0 Å². The number of hydrogen-bond donors (Lipinski definition) is 1. The van der Waals surface area contributed by atoms with Gasteiger partial charge in [0.05, 0.1) is 6.61 Å². The quantitative estimate of drug-likeness (QED) is 0.643. The number of ether oxygens (including phenoxy) is 1. The molecule has 4 nitrogen and oxygen atoms in total. The second-order valence-electron chi connectivity index (χ2n) is 6.64. The molecule has 0 bridgehead atoms. The highest BCUT2D eigenvalue weighted by molar-refractivity contribution is 6.09. The summed E-state index contributed by atoms with van der Waals surface area (Å²) in [6.45, 7) is 2.07. The Hall–Kier alpha value is -2.36. The van der Waals surface area contributed by atoms with Gasteiger partial charge in [0.2, 0.25) is 5.91 Å². The fraction of sp³-hybridized carbons (Fsp3) is 0.429. The molecule has 1 N–H and O–H groups in total. The molecule has 1 aliphatic rings. The third-order valence-corrected chi connectivity index (χ3v) is 4.99. The van der Waals surface area contributed by atoms with Crippen LogP contribution in [0, 0.1) is 11.8 Å². The van der Waals surface area contributed by atoms with E-state index in [0.717, 1.165) is 42.1 Å². The summed E-state index contributed by atoms with van der Waals surface area (Å²) in [6, 6.07) is 13.7. The molecule has 0 aromatic heterocycles. The van der Waals surface area contributed by atoms with Crippen LogP contribution in [-0.2, 0) is 14.3 Å². The molecule has 0 radical (unpaired) electrons. The van der Waals surface area contributed by atoms with Crippen LogP contribution in [0.4, 0.5) is 5.69 Å². The lowest BCUT2D eigenvalue weighted by atomic mass is 9.79. The van der Waals surface area contributed by atoms with Gasteiger partial charge in [-0.15, -0.1) is 0 Å². The van der Waals surface area contributed by atoms with Crippen molar-refractivity contribution in [1.82, 2.24) is 0 Å². The van der Waals surface area contributed by atoms with Crippen LogP contribution in [-0.4, -0.2) is 18.5 Å². The van der Waals surface area contributed by atoms with E-state index in [4.69, 9.17) is 4.74 Å². The molecule has 4 heteroatoms. The van der Waals surface area contributed by atoms with Crippen molar-refractivity contribution in [2.45, 2.75) is 39.0 Å². The van der Waals surface area contributed by atoms with Crippen molar-refractivity contribution in [3.8, 4) is 0 Å². The molecule has 1 fully saturated rings. The maximum absolute atomic E-state index is 13.0. The topological polar surface area (TPSA) is 55.4 Å². The molecule has 0 saturated heterocycles. The first kappa shape index (κ1) is 17.5. The summed E-state index contributed by atoms with van der Waals surface area (Å²) in [5.41, 5.74) is 0.744. The molecule has 1 amide bonds. The maximum atomic E-state index is 13.0. The Kier molecular flexibility index (Phi) is 5.69. The van der Waals surface area contributed by atoms with Crippen LogP contribution in [0.5, 0.6) is 0 Å². The SMILES string of the molecule is CCOC(=O)[C@@H](C(=O)Nc1cccc2ccccc12)C1CCCCC1. The number of nitrogens with one attached hydrogen (secondary N) is 1. The van der Waals surface area contributed by atoms with Crippen LogP contribution >= 0.6 is 0 Å². The standard InChI is InChI=1S/C21H25NO3/c1-2-25-21(24)19(16-10-4-3-5-11-16)20(23)22-18-14-8-12-15-9-6-7-13-17(15)18/h6-9,12-14,16,19H,2-5,10-11H2,1H3,(H,22,23)/t19-/m1/s1. The number of benzene rings is 2. The maximum Gasteiger partial charge on any atom is 0.318 e. The van der Waals surface area contributed by atoms with Gasteiger partial charge in [-0.3, -0.25) is 9.59 Å². The van der Waals surface area contributed by atoms with Crippen molar-refractivity contribution in [1.29, 1.82) is 0 Å². The normalized spacial score (nSPS) is 16.4. The highest BCUT2D eigenvalue weighted by Crippen LogP contribution is 2.32. The second kappa shape index (κ2) is 8.15. The van der Waals surface area contributed by atoms with Gasteiger partial charge >= 0.3 is 5.97 Å². The molecule has 1 aliphatic carbocycles. The van der Waals surface area contributed by atoms with E-state index in [9.17, 15) is 9.59 Å². The van der Waals surface area contributed by atoms with E-state index in [1.54, 1.807) is 6.92 Å². The number of esters is 1. The molecule has 25 heavy (non-hydrogen) atoms. The van der Waals surface area contributed by atoms with Crippen LogP contribution in [0.2, 0.25) is 0 Å². The summed E-state index contributed by atoms with van der Waals surface area (Å²) in [4.78, 5) is 25.4. The Morgan fingerprint density at radius 2 is 1.80 bits per heavy atom. The van der Waals surface area contributed by atoms with Gasteiger partial charge in [0.1, 0.15) is 5.92 Å². The Balaban J connectivity index is 1.85. The van der Waals surface area contributed by atoms with Crippen molar-refractivity contribution in [2.75, 3.05) is 11.9 Å². The molecular formula is C21H25NO3. The van der Waals surface area contributed by atoms with E-state index in [1.807, 2.05) is 42.5 Å². The van der Waals surface area contributed by atoms with E-state index in [-0.39, 0.29) is 11.8 Å². The van der Waals surface area contributed by atoms with E-state index in [1.165, 1.54) is 6.42 Å². The predicted molar refractivity (Wildman–Crippen MR) is 99.3 cm³/mol. The summed E-state index contributed by atoms with van der Waals surface area (Å²) in [5.74, 6) is -1.30. The monoisotopic (exact) mass is 339 g/mol. The third-order valence-electron chi connectivity index (χ3n) is 4.99. The Morgan fingerprint density at radius 1 is 1.08 bits per heavy atom. The zero-order valence-electron chi connectivity index (χ0n) is 14.7. The van der Waals surface area contributed by atoms with Crippen LogP contribution < -0.4 is 5.32 Å². The lowest BCUT2D eigenvalue weighted by molar-refractivity contribution is -0.153. The largest absolute Gasteiger partial charge is 0.465 e. The third kappa shape index (κ3) is 4.01. The highest BCUT2D eigenvalue weighted by atomic mass is 16.5. The van der Waals surface area contributed by atoms with Crippen LogP contribution in [0.15, 0.2) is 42.5 Å². The molecule has 0 aliphatic heterocycles. The van der Waals surface area contributed by atoms with Gasteiger partial charge in [0.15, 0.2) is 0 Å². The van der Waals surface area contributed by atoms with Crippen molar-refractivity contribution >= 4 is 28.3 Å². The smallest absolute Gasteiger partial charge is 0.318 e. The summed E-state index contributed by atoms with van der Waals surface area (Å²) < 4.78 is 5.20. The zero-order chi connectivity index (χ0) is 17.6. The summed E-state index contributed by atoms with van der Waals surface area (Å²) in [6.07, 6.45) is 5.14. The van der Waals surface area contributed by atoms with E-state index < -0.39 is 11.9 Å². The van der Waals surface area contributed by atoms with Crippen molar-refractivity contribution < 1.29 is 14.3 Å². The number of fused-ring (bicyclic) bond motifs is 1. The number of carbonyl (C=O) groups excluding carboxylic acids is 2. The molecule has 3 rings (SSSR count). The molecule has 1 atom stereocenters. The minimum Gasteiger partial charge on any atom is -0.465 e. The summed E-state index contributed by atoms with van der Waals surface area (Å²) >= 11 is 0. The number of carbonyl (C=O) groups is 2. The van der Waals surface area contributed by atoms with Crippen LogP contribution in [0.25, 0.3) is 10.8 Å². The minimum absolute atomic E-state index is 0.0720. The predicted octanol–water partition coefficient (Wildman–Crippen LogP) is 4.54. The van der Waals surface area contributed by atoms with Gasteiger partial charge in [0, 0.05) is 11.1 Å². The lowest BCUT2D eigenvalue weighted by Crippen LogP contribution is -2.37. The first-order valence-electron chi connectivity index (χ1n) is 9.16. The van der Waals surface area contributed by atoms with E-state index in [2.05, 4.69) is 5.32 Å². The van der Waals surface area contributed by atoms with Gasteiger partial charge < -0.3 is 10.1 Å². The number of hydrogen-bond acceptors (Lipinski definition) is 3. The van der Waals surface area contributed by atoms with Crippen molar-refractivity contribution in [3.05, 3.63) is 42.5 Å². The summed E-state index contributed by atoms with van der Waals surface area (Å²) in [5, 5.41) is 5.02. The Morgan fingerprint density at radius 3 is 2.56 bits per heavy atom. The highest BCUT2D eigenvalue weighted by Gasteiger charge is 2.36. The van der Waals surface area contributed by atoms with Gasteiger partial charge in [0.25, 0.3) is 0 Å². The van der Waals surface area contributed by atoms with E-state index >= 15 is 0 Å². The lowest BCUT2D eigenvalue weighted by Gasteiger charge is -2.28. The molecule has 132 valence electrons. The molecule has 2 aromatic carbocycles. The Bertz CT molecular complexity index is 744. The first-order valence-corrected chi connectivity index (χ1v) is 9.16. The zero-order valence-corrected chi connectivity index (χ0v) is 14.7. The molecule has 2 aromatic rings. The average Bonchev–Trinajstić information content (AvgIpc) is 2.63. The fourth-order valence-corrected chi connectivity index (χ4v) is 3.76. The molecule has 0 spiro atoms. The fourth-order valence-electron chi connectivity index (χ4n) is 3.76. The Labute approximate surface area is 148 Å². The van der Waals surface area contributed by atoms with Gasteiger partial charge in [-0.05, 0) is 37.1 Å². The average molecular weight is 339 g/mol.